The van der Waals surface area contributed by atoms with Gasteiger partial charge in [0.05, 0.1) is 0 Å². The third-order valence-electron chi connectivity index (χ3n) is 6.41. The predicted molar refractivity (Wildman–Crippen MR) is 154 cm³/mol. The minimum absolute atomic E-state index is 0.00464. The third-order valence-corrected chi connectivity index (χ3v) is 25.5. The Morgan fingerprint density at radius 1 is 0.700 bits per heavy atom. The average molecular weight is 636 g/mol. The molecule has 0 aliphatic rings. The van der Waals surface area contributed by atoms with Crippen LogP contribution in [0.1, 0.15) is 62.3 Å². The molecule has 220 valence electrons. The van der Waals surface area contributed by atoms with E-state index in [1.54, 1.807) is 41.5 Å². The van der Waals surface area contributed by atoms with E-state index in [1.165, 1.54) is 60.7 Å². The summed E-state index contributed by atoms with van der Waals surface area (Å²) in [5.41, 5.74) is 10.5. The Kier molecular flexibility index (Phi) is 8.45. The molecule has 10 heteroatoms. The quantitative estimate of drug-likeness (QED) is 0.187. The molecule has 0 fully saturated rings. The van der Waals surface area contributed by atoms with E-state index in [-0.39, 0.29) is 11.1 Å². The van der Waals surface area contributed by atoms with Crippen LogP contribution in [0.5, 0.6) is 0 Å². The van der Waals surface area contributed by atoms with Crippen molar-refractivity contribution in [1.29, 1.82) is 0 Å². The molecule has 0 atom stereocenters. The Bertz CT molecular complexity index is 1300. The van der Waals surface area contributed by atoms with Crippen molar-refractivity contribution in [3.05, 3.63) is 85.0 Å². The Labute approximate surface area is 234 Å². The van der Waals surface area contributed by atoms with E-state index >= 15 is 2.81 Å². The second kappa shape index (κ2) is 10.2. The van der Waals surface area contributed by atoms with Crippen molar-refractivity contribution >= 4 is 23.3 Å². The van der Waals surface area contributed by atoms with Crippen LogP contribution in [0, 0.1) is 10.8 Å². The molecule has 0 aliphatic heterocycles. The van der Waals surface area contributed by atoms with Gasteiger partial charge in [-0.25, -0.2) is 0 Å². The fraction of sp³-hybridized carbons (Fsp3) is 0.400. The van der Waals surface area contributed by atoms with Gasteiger partial charge in [-0.15, -0.1) is 0 Å². The van der Waals surface area contributed by atoms with Gasteiger partial charge in [0.15, 0.2) is 0 Å². The summed E-state index contributed by atoms with van der Waals surface area (Å²) >= 11 is -8.96. The maximum absolute atomic E-state index is 17.0. The minimum atomic E-state index is -8.96. The second-order valence-electron chi connectivity index (χ2n) is 13.2. The van der Waals surface area contributed by atoms with E-state index in [0.717, 1.165) is 0 Å². The molecule has 0 aromatic heterocycles. The molecule has 2 rings (SSSR count). The fourth-order valence-electron chi connectivity index (χ4n) is 6.05. The van der Waals surface area contributed by atoms with E-state index in [0.29, 0.717) is 11.4 Å². The summed E-state index contributed by atoms with van der Waals surface area (Å²) in [6.45, 7) is 17.1. The van der Waals surface area contributed by atoms with E-state index < -0.39 is 61.8 Å². The summed E-state index contributed by atoms with van der Waals surface area (Å²) in [6.07, 6.45) is 2.64. The zero-order valence-electron chi connectivity index (χ0n) is 24.5. The number of carbonyl (C=O) groups is 2. The summed E-state index contributed by atoms with van der Waals surface area (Å²) in [6, 6.07) is 11.6. The molecule has 9 nitrogen and oxygen atoms in total. The van der Waals surface area contributed by atoms with Gasteiger partial charge in [-0.05, 0) is 0 Å². The molecule has 0 unspecified atom stereocenters. The molecule has 2 aromatic rings. The summed E-state index contributed by atoms with van der Waals surface area (Å²) in [5, 5.41) is 0. The Hall–Kier alpha value is -2.94. The first-order valence-corrected chi connectivity index (χ1v) is 21.7. The molecule has 0 aliphatic carbocycles. The summed E-state index contributed by atoms with van der Waals surface area (Å²) in [7, 11) is 0. The molecule has 2 aromatic carbocycles. The zero-order chi connectivity index (χ0) is 30.6. The van der Waals surface area contributed by atoms with Crippen molar-refractivity contribution in [2.45, 2.75) is 49.8 Å². The first-order chi connectivity index (χ1) is 18.2. The maximum atomic E-state index is 17.0. The van der Waals surface area contributed by atoms with Gasteiger partial charge >= 0.3 is 235 Å². The zero-order valence-corrected chi connectivity index (χ0v) is 27.0. The number of benzene rings is 2. The van der Waals surface area contributed by atoms with Gasteiger partial charge in [0.25, 0.3) is 0 Å². The number of hydrogen-bond acceptors (Lipinski definition) is 9. The monoisotopic (exact) mass is 634 g/mol. The van der Waals surface area contributed by atoms with Crippen LogP contribution in [0.4, 0.5) is 11.4 Å². The van der Waals surface area contributed by atoms with Crippen LogP contribution >= 0.6 is 0 Å². The van der Waals surface area contributed by atoms with E-state index in [2.05, 4.69) is 13.2 Å². The van der Waals surface area contributed by atoms with Crippen molar-refractivity contribution in [3.63, 3.8) is 0 Å². The molecule has 40 heavy (non-hydrogen) atoms. The number of nitrogen functional groups attached to an aromatic ring is 2. The SMILES string of the molecule is C=CC[O][Zr](=[O])([CH2]C(C)(C)C)([CH2]C(C)(C)C)([O]CC=C)([O]C(=O)c1ccc(N)cc1)[O]C(=O)c1ccc(N)cc1. The normalized spacial score (nSPS) is 15.0. The van der Waals surface area contributed by atoms with Gasteiger partial charge in [0, 0.05) is 0 Å². The van der Waals surface area contributed by atoms with Gasteiger partial charge in [-0.2, -0.15) is 0 Å². The molecule has 0 saturated heterocycles. The number of carbonyl (C=O) groups excluding carboxylic acids is 2. The number of hydrogen-bond donors (Lipinski definition) is 2. The van der Waals surface area contributed by atoms with Gasteiger partial charge in [-0.1, -0.05) is 0 Å². The van der Waals surface area contributed by atoms with Crippen LogP contribution in [-0.2, 0) is 31.6 Å². The van der Waals surface area contributed by atoms with Gasteiger partial charge < -0.3 is 0 Å². The number of nitrogens with two attached hydrogens (primary N) is 2. The van der Waals surface area contributed by atoms with Gasteiger partial charge in [-0.3, -0.25) is 0 Å². The predicted octanol–water partition coefficient (Wildman–Crippen LogP) is 6.97. The Balaban J connectivity index is 3.16. The van der Waals surface area contributed by atoms with Gasteiger partial charge in [0.1, 0.15) is 0 Å². The molecule has 0 spiro atoms. The number of rotatable bonds is 12. The first kappa shape index (κ1) is 33.3. The molecule has 0 heterocycles. The molecular formula is C30H44N2O7Zr. The van der Waals surface area contributed by atoms with E-state index in [4.69, 9.17) is 22.7 Å². The third kappa shape index (κ3) is 7.22. The van der Waals surface area contributed by atoms with E-state index in [1.807, 2.05) is 0 Å². The van der Waals surface area contributed by atoms with Crippen molar-refractivity contribution in [2.24, 2.45) is 10.8 Å². The van der Waals surface area contributed by atoms with Crippen LogP contribution in [0.2, 0.25) is 8.26 Å². The van der Waals surface area contributed by atoms with Crippen molar-refractivity contribution in [2.75, 3.05) is 24.7 Å². The standard InChI is InChI=1S/2C7H7NO2.2C5H11.2C3H5O.O.Zr/c2*8-6-3-1-5(2-4-6)7(9)10;2*1-5(2,3)4;2*1-2-3-4;;/h2*1-4H,8H2,(H,9,10);2*1H2,2-4H3;2*2H,1,3H2;;/q;;;;2*-1;;+4/p-2. The molecule has 4 N–H and O–H groups in total. The van der Waals surface area contributed by atoms with Crippen LogP contribution in [0.3, 0.4) is 0 Å². The Morgan fingerprint density at radius 2 is 1.00 bits per heavy atom. The van der Waals surface area contributed by atoms with Crippen LogP contribution in [0.15, 0.2) is 73.8 Å². The molecule has 0 amide bonds. The molecule has 0 radical (unpaired) electrons. The Morgan fingerprint density at radius 3 is 1.25 bits per heavy atom. The average Bonchev–Trinajstić information content (AvgIpc) is 2.80. The van der Waals surface area contributed by atoms with Gasteiger partial charge in [0.2, 0.25) is 0 Å². The summed E-state index contributed by atoms with van der Waals surface area (Å²) in [5.74, 6) is -2.16. The fourth-order valence-corrected chi connectivity index (χ4v) is 29.7. The van der Waals surface area contributed by atoms with Crippen molar-refractivity contribution in [1.82, 2.24) is 0 Å². The van der Waals surface area contributed by atoms with Crippen molar-refractivity contribution in [3.8, 4) is 0 Å². The topological polar surface area (TPSA) is 140 Å². The van der Waals surface area contributed by atoms with E-state index in [9.17, 15) is 9.59 Å². The van der Waals surface area contributed by atoms with Crippen molar-refractivity contribution < 1.29 is 41.2 Å². The number of anilines is 2. The summed E-state index contributed by atoms with van der Waals surface area (Å²) in [4.78, 5) is 28.0. The molecular weight excluding hydrogens is 592 g/mol. The van der Waals surface area contributed by atoms with Crippen LogP contribution < -0.4 is 11.5 Å². The first-order valence-electron chi connectivity index (χ1n) is 13.2. The van der Waals surface area contributed by atoms with Crippen LogP contribution in [-0.4, -0.2) is 25.2 Å². The molecule has 0 saturated carbocycles. The second-order valence-corrected chi connectivity index (χ2v) is 29.8. The summed E-state index contributed by atoms with van der Waals surface area (Å²) < 4.78 is 41.0. The molecule has 0 bridgehead atoms. The van der Waals surface area contributed by atoms with Crippen LogP contribution in [0.25, 0.3) is 0 Å².